The maximum atomic E-state index is 13.3. The van der Waals surface area contributed by atoms with Crippen molar-refractivity contribution in [3.63, 3.8) is 0 Å². The lowest BCUT2D eigenvalue weighted by Crippen LogP contribution is -2.36. The molecule has 0 atom stereocenters. The molecule has 0 aliphatic heterocycles. The minimum atomic E-state index is -0.942. The Bertz CT molecular complexity index is 1460. The van der Waals surface area contributed by atoms with Gasteiger partial charge in [-0.05, 0) is 68.3 Å². The number of para-hydroxylation sites is 3. The van der Waals surface area contributed by atoms with Gasteiger partial charge in [0.15, 0.2) is 0 Å². The van der Waals surface area contributed by atoms with Crippen LogP contribution < -0.4 is 20.8 Å². The minimum absolute atomic E-state index is 0.168. The molecule has 0 saturated heterocycles. The van der Waals surface area contributed by atoms with Crippen LogP contribution in [-0.2, 0) is 9.59 Å². The molecule has 0 fully saturated rings. The monoisotopic (exact) mass is 548 g/mol. The third kappa shape index (κ3) is 5.26. The van der Waals surface area contributed by atoms with Gasteiger partial charge in [0, 0.05) is 15.5 Å². The first-order valence-corrected chi connectivity index (χ1v) is 12.1. The topological polar surface area (TPSA) is 101 Å². The molecule has 8 nitrogen and oxygen atoms in total. The highest BCUT2D eigenvalue weighted by Gasteiger charge is 2.22. The van der Waals surface area contributed by atoms with E-state index in [1.807, 2.05) is 45.0 Å². The van der Waals surface area contributed by atoms with Crippen molar-refractivity contribution < 1.29 is 19.1 Å². The molecule has 0 bridgehead atoms. The number of anilines is 2. The lowest BCUT2D eigenvalue weighted by Gasteiger charge is -2.15. The van der Waals surface area contributed by atoms with Gasteiger partial charge in [-0.3, -0.25) is 19.8 Å². The number of aryl methyl sites for hydroxylation is 2. The van der Waals surface area contributed by atoms with Crippen LogP contribution in [0.5, 0.6) is 5.75 Å². The first-order chi connectivity index (χ1) is 17.3. The third-order valence-corrected chi connectivity index (χ3v) is 6.06. The van der Waals surface area contributed by atoms with Crippen LogP contribution in [0.2, 0.25) is 0 Å². The summed E-state index contributed by atoms with van der Waals surface area (Å²) < 4.78 is 7.64. The van der Waals surface area contributed by atoms with Crippen LogP contribution in [0.4, 0.5) is 11.4 Å². The van der Waals surface area contributed by atoms with Crippen LogP contribution in [0.15, 0.2) is 71.2 Å². The smallest absolute Gasteiger partial charge is 0.328 e. The molecule has 3 aromatic carbocycles. The first kappa shape index (κ1) is 25.0. The number of carbonyl (C=O) groups is 3. The highest BCUT2D eigenvalue weighted by molar-refractivity contribution is 9.10. The molecule has 0 unspecified atom stereocenters. The largest absolute Gasteiger partial charge is 0.492 e. The van der Waals surface area contributed by atoms with Crippen LogP contribution >= 0.6 is 15.9 Å². The molecule has 0 aliphatic carbocycles. The van der Waals surface area contributed by atoms with Crippen molar-refractivity contribution in [2.24, 2.45) is 0 Å². The van der Waals surface area contributed by atoms with E-state index in [9.17, 15) is 14.4 Å². The zero-order valence-corrected chi connectivity index (χ0v) is 21.6. The summed E-state index contributed by atoms with van der Waals surface area (Å²) in [5, 5.41) is 6.21. The second-order valence-electron chi connectivity index (χ2n) is 8.11. The summed E-state index contributed by atoms with van der Waals surface area (Å²) >= 11 is 3.43. The molecule has 0 radical (unpaired) electrons. The van der Waals surface area contributed by atoms with Crippen LogP contribution in [0.25, 0.3) is 10.9 Å². The Labute approximate surface area is 216 Å². The number of nitrogens with one attached hydrogen (secondary N) is 3. The quantitative estimate of drug-likeness (QED) is 0.281. The fraction of sp³-hybridized carbons (Fsp3) is 0.148. The summed E-state index contributed by atoms with van der Waals surface area (Å²) in [5.74, 6) is -1.82. The van der Waals surface area contributed by atoms with Crippen molar-refractivity contribution >= 4 is 55.9 Å². The highest BCUT2D eigenvalue weighted by Crippen LogP contribution is 2.26. The van der Waals surface area contributed by atoms with E-state index in [-0.39, 0.29) is 5.69 Å². The van der Waals surface area contributed by atoms with E-state index in [4.69, 9.17) is 4.74 Å². The van der Waals surface area contributed by atoms with Gasteiger partial charge in [-0.1, -0.05) is 46.3 Å². The van der Waals surface area contributed by atoms with Crippen molar-refractivity contribution in [2.75, 3.05) is 22.7 Å². The molecular weight excluding hydrogens is 524 g/mol. The first-order valence-electron chi connectivity index (χ1n) is 11.3. The summed E-state index contributed by atoms with van der Waals surface area (Å²) in [5.41, 5.74) is 6.17. The number of nitrogens with zero attached hydrogens (tertiary/aromatic N) is 1. The summed E-state index contributed by atoms with van der Waals surface area (Å²) in [4.78, 5) is 39.0. The molecule has 0 saturated carbocycles. The standard InChI is InChI=1S/C27H25BrN4O4/c1-4-36-23-11-6-5-10-20(23)29-26(34)27(35)31-32-21-13-12-19(28)14-18(21)15-22(32)25(33)30-24-16(2)8-7-9-17(24)3/h5-15H,4H2,1-3H3,(H,29,34)(H,30,33)(H,31,35). The second kappa shape index (κ2) is 10.7. The van der Waals surface area contributed by atoms with E-state index in [1.165, 1.54) is 4.68 Å². The predicted molar refractivity (Wildman–Crippen MR) is 144 cm³/mol. The fourth-order valence-electron chi connectivity index (χ4n) is 3.85. The van der Waals surface area contributed by atoms with Crippen LogP contribution in [0.1, 0.15) is 28.5 Å². The fourth-order valence-corrected chi connectivity index (χ4v) is 4.22. The van der Waals surface area contributed by atoms with Gasteiger partial charge in [0.25, 0.3) is 5.91 Å². The Kier molecular flexibility index (Phi) is 7.40. The Morgan fingerprint density at radius 2 is 1.61 bits per heavy atom. The number of hydrogen-bond donors (Lipinski definition) is 3. The number of halogens is 1. The van der Waals surface area contributed by atoms with Crippen LogP contribution in [-0.4, -0.2) is 29.0 Å². The van der Waals surface area contributed by atoms with Crippen molar-refractivity contribution in [3.05, 3.63) is 88.0 Å². The molecule has 1 heterocycles. The molecule has 0 aliphatic rings. The van der Waals surface area contributed by atoms with Crippen molar-refractivity contribution in [2.45, 2.75) is 20.8 Å². The number of benzene rings is 3. The maximum Gasteiger partial charge on any atom is 0.328 e. The maximum absolute atomic E-state index is 13.3. The van der Waals surface area contributed by atoms with Gasteiger partial charge in [-0.15, -0.1) is 0 Å². The van der Waals surface area contributed by atoms with E-state index in [0.717, 1.165) is 15.6 Å². The average molecular weight is 549 g/mol. The zero-order valence-electron chi connectivity index (χ0n) is 20.0. The molecule has 4 rings (SSSR count). The second-order valence-corrected chi connectivity index (χ2v) is 9.03. The van der Waals surface area contributed by atoms with Gasteiger partial charge >= 0.3 is 11.8 Å². The van der Waals surface area contributed by atoms with Gasteiger partial charge in [-0.2, -0.15) is 0 Å². The van der Waals surface area contributed by atoms with Crippen molar-refractivity contribution in [1.29, 1.82) is 0 Å². The predicted octanol–water partition coefficient (Wildman–Crippen LogP) is 5.38. The van der Waals surface area contributed by atoms with E-state index < -0.39 is 17.7 Å². The highest BCUT2D eigenvalue weighted by atomic mass is 79.9. The van der Waals surface area contributed by atoms with E-state index in [1.54, 1.807) is 42.5 Å². The number of rotatable bonds is 6. The number of amides is 3. The Balaban J connectivity index is 1.64. The van der Waals surface area contributed by atoms with Crippen LogP contribution in [0.3, 0.4) is 0 Å². The van der Waals surface area contributed by atoms with Crippen LogP contribution in [0, 0.1) is 13.8 Å². The van der Waals surface area contributed by atoms with Gasteiger partial charge in [0.2, 0.25) is 0 Å². The van der Waals surface area contributed by atoms with E-state index >= 15 is 0 Å². The summed E-state index contributed by atoms with van der Waals surface area (Å²) in [6.45, 7) is 6.04. The molecule has 0 spiro atoms. The van der Waals surface area contributed by atoms with E-state index in [0.29, 0.717) is 34.6 Å². The van der Waals surface area contributed by atoms with Crippen molar-refractivity contribution in [3.8, 4) is 5.75 Å². The molecule has 184 valence electrons. The number of aromatic nitrogens is 1. The van der Waals surface area contributed by atoms with Crippen molar-refractivity contribution in [1.82, 2.24) is 4.68 Å². The molecular formula is C27H25BrN4O4. The number of fused-ring (bicyclic) bond motifs is 1. The van der Waals surface area contributed by atoms with Gasteiger partial charge in [0.05, 0.1) is 17.8 Å². The molecule has 3 N–H and O–H groups in total. The molecule has 36 heavy (non-hydrogen) atoms. The Morgan fingerprint density at radius 3 is 2.33 bits per heavy atom. The molecule has 1 aromatic heterocycles. The summed E-state index contributed by atoms with van der Waals surface area (Å²) in [6.07, 6.45) is 0. The lowest BCUT2D eigenvalue weighted by atomic mass is 10.1. The van der Waals surface area contributed by atoms with Gasteiger partial charge in [-0.25, -0.2) is 4.68 Å². The SMILES string of the molecule is CCOc1ccccc1NC(=O)C(=O)Nn1c(C(=O)Nc2c(C)cccc2C)cc2cc(Br)ccc21. The normalized spacial score (nSPS) is 10.7. The van der Waals surface area contributed by atoms with Gasteiger partial charge < -0.3 is 15.4 Å². The third-order valence-electron chi connectivity index (χ3n) is 5.57. The number of carbonyl (C=O) groups excluding carboxylic acids is 3. The zero-order chi connectivity index (χ0) is 25.8. The average Bonchev–Trinajstić information content (AvgIpc) is 3.20. The summed E-state index contributed by atoms with van der Waals surface area (Å²) in [6, 6.07) is 19.6. The van der Waals surface area contributed by atoms with E-state index in [2.05, 4.69) is 32.0 Å². The summed E-state index contributed by atoms with van der Waals surface area (Å²) in [7, 11) is 0. The number of hydrogen-bond acceptors (Lipinski definition) is 4. The molecule has 4 aromatic rings. The lowest BCUT2D eigenvalue weighted by molar-refractivity contribution is -0.133. The number of ether oxygens (including phenoxy) is 1. The Hall–Kier alpha value is -4.11. The molecule has 3 amide bonds. The van der Waals surface area contributed by atoms with Gasteiger partial charge in [0.1, 0.15) is 11.4 Å². The minimum Gasteiger partial charge on any atom is -0.492 e. The molecule has 9 heteroatoms. The Morgan fingerprint density at radius 1 is 0.889 bits per heavy atom.